The minimum absolute atomic E-state index is 0.124. The van der Waals surface area contributed by atoms with Gasteiger partial charge in [-0.25, -0.2) is 0 Å². The van der Waals surface area contributed by atoms with Gasteiger partial charge in [-0.1, -0.05) is 12.1 Å². The van der Waals surface area contributed by atoms with E-state index in [4.69, 9.17) is 5.73 Å². The summed E-state index contributed by atoms with van der Waals surface area (Å²) >= 11 is 0. The molecule has 104 valence electrons. The molecule has 1 fully saturated rings. The second kappa shape index (κ2) is 5.54. The van der Waals surface area contributed by atoms with E-state index in [0.717, 1.165) is 19.6 Å². The van der Waals surface area contributed by atoms with Crippen LogP contribution in [0, 0.1) is 17.0 Å². The number of nitro groups is 1. The smallest absolute Gasteiger partial charge is 0.295 e. The van der Waals surface area contributed by atoms with Crippen LogP contribution in [0.4, 0.5) is 11.4 Å². The second-order valence-electron chi connectivity index (χ2n) is 5.04. The van der Waals surface area contributed by atoms with E-state index < -0.39 is 0 Å². The molecule has 0 radical (unpaired) electrons. The third kappa shape index (κ3) is 2.69. The van der Waals surface area contributed by atoms with Crippen molar-refractivity contribution in [2.45, 2.75) is 13.0 Å². The molecule has 0 aromatic heterocycles. The predicted molar refractivity (Wildman–Crippen MR) is 75.5 cm³/mol. The Bertz CT molecular complexity index is 478. The van der Waals surface area contributed by atoms with Gasteiger partial charge in [-0.15, -0.1) is 0 Å². The van der Waals surface area contributed by atoms with Crippen LogP contribution in [0.25, 0.3) is 0 Å². The molecule has 1 unspecified atom stereocenters. The zero-order valence-corrected chi connectivity index (χ0v) is 11.4. The minimum Gasteiger partial charge on any atom is -0.359 e. The number of anilines is 1. The van der Waals surface area contributed by atoms with Gasteiger partial charge < -0.3 is 15.5 Å². The number of likely N-dealkylation sites (N-methyl/N-ethyl adjacent to an activating group) is 1. The van der Waals surface area contributed by atoms with Crippen LogP contribution in [0.15, 0.2) is 18.2 Å². The van der Waals surface area contributed by atoms with E-state index in [9.17, 15) is 10.1 Å². The molecule has 1 aliphatic rings. The Morgan fingerprint density at radius 3 is 2.84 bits per heavy atom. The Balaban J connectivity index is 2.40. The molecular weight excluding hydrogens is 244 g/mol. The predicted octanol–water partition coefficient (Wildman–Crippen LogP) is 0.982. The maximum atomic E-state index is 11.3. The normalized spacial score (nSPS) is 20.6. The molecule has 6 nitrogen and oxygen atoms in total. The Morgan fingerprint density at radius 2 is 2.21 bits per heavy atom. The van der Waals surface area contributed by atoms with Gasteiger partial charge in [0, 0.05) is 31.7 Å². The molecule has 0 amide bonds. The highest BCUT2D eigenvalue weighted by Gasteiger charge is 2.29. The monoisotopic (exact) mass is 264 g/mol. The lowest BCUT2D eigenvalue weighted by Gasteiger charge is -2.40. The van der Waals surface area contributed by atoms with Crippen LogP contribution in [0.1, 0.15) is 5.56 Å². The van der Waals surface area contributed by atoms with Crippen molar-refractivity contribution in [2.75, 3.05) is 38.1 Å². The van der Waals surface area contributed by atoms with Crippen LogP contribution in [-0.2, 0) is 0 Å². The Labute approximate surface area is 112 Å². The van der Waals surface area contributed by atoms with E-state index in [-0.39, 0.29) is 16.7 Å². The quantitative estimate of drug-likeness (QED) is 0.650. The lowest BCUT2D eigenvalue weighted by molar-refractivity contribution is -0.384. The van der Waals surface area contributed by atoms with Crippen LogP contribution in [0.3, 0.4) is 0 Å². The zero-order chi connectivity index (χ0) is 14.0. The number of aryl methyl sites for hydroxylation is 1. The first kappa shape index (κ1) is 13.8. The molecule has 1 saturated heterocycles. The number of rotatable bonds is 3. The summed E-state index contributed by atoms with van der Waals surface area (Å²) in [6.07, 6.45) is 0. The molecule has 19 heavy (non-hydrogen) atoms. The Morgan fingerprint density at radius 1 is 1.47 bits per heavy atom. The highest BCUT2D eigenvalue weighted by Crippen LogP contribution is 2.33. The molecule has 0 bridgehead atoms. The van der Waals surface area contributed by atoms with Crippen molar-refractivity contribution in [2.24, 2.45) is 5.73 Å². The summed E-state index contributed by atoms with van der Waals surface area (Å²) < 4.78 is 0. The molecule has 1 aromatic rings. The van der Waals surface area contributed by atoms with Gasteiger partial charge in [-0.3, -0.25) is 10.1 Å². The van der Waals surface area contributed by atoms with Crippen molar-refractivity contribution in [1.82, 2.24) is 4.90 Å². The summed E-state index contributed by atoms with van der Waals surface area (Å²) in [5.41, 5.74) is 7.40. The lowest BCUT2D eigenvalue weighted by atomic mass is 10.1. The first-order valence-corrected chi connectivity index (χ1v) is 6.44. The van der Waals surface area contributed by atoms with E-state index in [0.29, 0.717) is 17.8 Å². The zero-order valence-electron chi connectivity index (χ0n) is 11.4. The highest BCUT2D eigenvalue weighted by molar-refractivity contribution is 5.67. The van der Waals surface area contributed by atoms with Crippen molar-refractivity contribution in [3.63, 3.8) is 0 Å². The summed E-state index contributed by atoms with van der Waals surface area (Å²) in [5, 5.41) is 11.3. The van der Waals surface area contributed by atoms with Crippen molar-refractivity contribution in [3.05, 3.63) is 33.9 Å². The molecule has 0 saturated carbocycles. The first-order chi connectivity index (χ1) is 9.04. The molecule has 1 aromatic carbocycles. The lowest BCUT2D eigenvalue weighted by Crippen LogP contribution is -2.55. The molecule has 0 spiro atoms. The molecule has 1 atom stereocenters. The van der Waals surface area contributed by atoms with E-state index in [1.165, 1.54) is 0 Å². The maximum absolute atomic E-state index is 11.3. The van der Waals surface area contributed by atoms with Gasteiger partial charge in [-0.2, -0.15) is 0 Å². The van der Waals surface area contributed by atoms with Crippen LogP contribution < -0.4 is 10.6 Å². The number of hydrogen-bond donors (Lipinski definition) is 1. The van der Waals surface area contributed by atoms with Gasteiger partial charge >= 0.3 is 0 Å². The largest absolute Gasteiger partial charge is 0.359 e. The average molecular weight is 264 g/mol. The van der Waals surface area contributed by atoms with Crippen molar-refractivity contribution >= 4 is 11.4 Å². The topological polar surface area (TPSA) is 75.6 Å². The number of nitrogens with two attached hydrogens (primary N) is 1. The summed E-state index contributed by atoms with van der Waals surface area (Å²) in [7, 11) is 2.05. The molecule has 0 aliphatic carbocycles. The van der Waals surface area contributed by atoms with Crippen molar-refractivity contribution < 1.29 is 4.92 Å². The fourth-order valence-corrected chi connectivity index (χ4v) is 2.64. The van der Waals surface area contributed by atoms with Crippen LogP contribution in [0.5, 0.6) is 0 Å². The number of nitrogens with zero attached hydrogens (tertiary/aromatic N) is 3. The van der Waals surface area contributed by atoms with E-state index in [2.05, 4.69) is 9.80 Å². The van der Waals surface area contributed by atoms with E-state index in [1.807, 2.05) is 19.2 Å². The molecule has 1 aliphatic heterocycles. The maximum Gasteiger partial charge on any atom is 0.295 e. The van der Waals surface area contributed by atoms with Gasteiger partial charge in [0.15, 0.2) is 0 Å². The van der Waals surface area contributed by atoms with Crippen molar-refractivity contribution in [1.29, 1.82) is 0 Å². The summed E-state index contributed by atoms with van der Waals surface area (Å²) in [4.78, 5) is 15.3. The summed E-state index contributed by atoms with van der Waals surface area (Å²) in [6, 6.07) is 5.58. The van der Waals surface area contributed by atoms with Gasteiger partial charge in [0.25, 0.3) is 5.69 Å². The fraction of sp³-hybridized carbons (Fsp3) is 0.538. The van der Waals surface area contributed by atoms with Gasteiger partial charge in [0.2, 0.25) is 0 Å². The van der Waals surface area contributed by atoms with E-state index in [1.54, 1.807) is 13.0 Å². The summed E-state index contributed by atoms with van der Waals surface area (Å²) in [5.74, 6) is 0. The third-order valence-electron chi connectivity index (χ3n) is 3.67. The van der Waals surface area contributed by atoms with Crippen LogP contribution in [0.2, 0.25) is 0 Å². The van der Waals surface area contributed by atoms with E-state index >= 15 is 0 Å². The SMILES string of the molecule is Cc1cccc(N2CCN(C)CC2CN)c1[N+](=O)[O-]. The minimum atomic E-state index is -0.295. The number of hydrogen-bond acceptors (Lipinski definition) is 5. The third-order valence-corrected chi connectivity index (χ3v) is 3.67. The number of benzene rings is 1. The van der Waals surface area contributed by atoms with Gasteiger partial charge in [0.05, 0.1) is 11.0 Å². The van der Waals surface area contributed by atoms with Gasteiger partial charge in [-0.05, 0) is 20.0 Å². The molecule has 2 rings (SSSR count). The summed E-state index contributed by atoms with van der Waals surface area (Å²) in [6.45, 7) is 4.76. The number of piperazine rings is 1. The number of nitro benzene ring substituents is 1. The molecular formula is C13H20N4O2. The van der Waals surface area contributed by atoms with Crippen LogP contribution >= 0.6 is 0 Å². The molecule has 6 heteroatoms. The van der Waals surface area contributed by atoms with Crippen molar-refractivity contribution in [3.8, 4) is 0 Å². The highest BCUT2D eigenvalue weighted by atomic mass is 16.6. The molecule has 2 N–H and O–H groups in total. The van der Waals surface area contributed by atoms with Crippen LogP contribution in [-0.4, -0.2) is 49.1 Å². The standard InChI is InChI=1S/C13H20N4O2/c1-10-4-3-5-12(13(10)17(18)19)16-7-6-15(2)9-11(16)8-14/h3-5,11H,6-9,14H2,1-2H3. The number of para-hydroxylation sites is 1. The second-order valence-corrected chi connectivity index (χ2v) is 5.04. The Kier molecular flexibility index (Phi) is 4.01. The van der Waals surface area contributed by atoms with Gasteiger partial charge in [0.1, 0.15) is 5.69 Å². The Hall–Kier alpha value is -1.66. The fourth-order valence-electron chi connectivity index (χ4n) is 2.64. The molecule has 1 heterocycles. The first-order valence-electron chi connectivity index (χ1n) is 6.44. The average Bonchev–Trinajstić information content (AvgIpc) is 2.37.